The number of hydrogen-bond donors (Lipinski definition) is 1. The topological polar surface area (TPSA) is 29.3 Å². The van der Waals surface area contributed by atoms with E-state index in [-0.39, 0.29) is 0 Å². The predicted octanol–water partition coefficient (Wildman–Crippen LogP) is 2.38. The van der Waals surface area contributed by atoms with Gasteiger partial charge in [0.1, 0.15) is 0 Å². The molecule has 2 fully saturated rings. The molecule has 1 aliphatic carbocycles. The predicted molar refractivity (Wildman–Crippen MR) is 64.8 cm³/mol. The van der Waals surface area contributed by atoms with E-state index in [1.54, 1.807) is 0 Å². The van der Waals surface area contributed by atoms with Crippen LogP contribution in [0.3, 0.4) is 0 Å². The molecule has 0 radical (unpaired) electrons. The zero-order valence-corrected chi connectivity index (χ0v) is 10.3. The quantitative estimate of drug-likeness (QED) is 0.720. The summed E-state index contributed by atoms with van der Waals surface area (Å²) >= 11 is 0. The molecule has 1 saturated heterocycles. The summed E-state index contributed by atoms with van der Waals surface area (Å²) < 4.78 is 0. The first kappa shape index (κ1) is 11.4. The Morgan fingerprint density at radius 2 is 1.67 bits per heavy atom. The Balaban J connectivity index is 1.87. The average Bonchev–Trinajstić information content (AvgIpc) is 2.20. The van der Waals surface area contributed by atoms with Crippen LogP contribution in [0.15, 0.2) is 0 Å². The average molecular weight is 210 g/mol. The lowest BCUT2D eigenvalue weighted by atomic mass is 9.84. The highest BCUT2D eigenvalue weighted by atomic mass is 15.2. The molecule has 2 rings (SSSR count). The van der Waals surface area contributed by atoms with Gasteiger partial charge in [0.2, 0.25) is 0 Å². The standard InChI is InChI=1S/C13H26N2/c1-10-3-5-13(6-4-10)15-8-7-12(14)9-11(15)2/h10-13H,3-9,14H2,1-2H3. The van der Waals surface area contributed by atoms with Crippen molar-refractivity contribution in [2.75, 3.05) is 6.54 Å². The molecular formula is C13H26N2. The van der Waals surface area contributed by atoms with Crippen molar-refractivity contribution in [3.63, 3.8) is 0 Å². The lowest BCUT2D eigenvalue weighted by Crippen LogP contribution is -2.51. The Bertz CT molecular complexity index is 197. The fourth-order valence-corrected chi connectivity index (χ4v) is 3.34. The number of nitrogens with zero attached hydrogens (tertiary/aromatic N) is 1. The van der Waals surface area contributed by atoms with Crippen LogP contribution in [0.25, 0.3) is 0 Å². The van der Waals surface area contributed by atoms with Gasteiger partial charge in [-0.15, -0.1) is 0 Å². The van der Waals surface area contributed by atoms with E-state index >= 15 is 0 Å². The maximum atomic E-state index is 6.01. The molecule has 0 aromatic rings. The molecule has 0 bridgehead atoms. The molecule has 0 aromatic carbocycles. The molecule has 1 aliphatic heterocycles. The molecule has 1 heterocycles. The van der Waals surface area contributed by atoms with Crippen molar-refractivity contribution in [3.05, 3.63) is 0 Å². The summed E-state index contributed by atoms with van der Waals surface area (Å²) in [6.45, 7) is 5.99. The van der Waals surface area contributed by atoms with E-state index in [1.807, 2.05) is 0 Å². The fraction of sp³-hybridized carbons (Fsp3) is 1.00. The number of nitrogens with two attached hydrogens (primary N) is 1. The highest BCUT2D eigenvalue weighted by Gasteiger charge is 2.30. The number of rotatable bonds is 1. The molecule has 2 N–H and O–H groups in total. The van der Waals surface area contributed by atoms with Crippen LogP contribution in [0, 0.1) is 5.92 Å². The summed E-state index contributed by atoms with van der Waals surface area (Å²) in [7, 11) is 0. The first-order valence-electron chi connectivity index (χ1n) is 6.68. The third-order valence-corrected chi connectivity index (χ3v) is 4.42. The molecule has 0 aromatic heterocycles. The van der Waals surface area contributed by atoms with Crippen LogP contribution in [0.5, 0.6) is 0 Å². The van der Waals surface area contributed by atoms with Crippen LogP contribution >= 0.6 is 0 Å². The molecule has 2 heteroatoms. The SMILES string of the molecule is CC1CCC(N2CCC(N)CC2C)CC1. The monoisotopic (exact) mass is 210 g/mol. The van der Waals surface area contributed by atoms with Crippen molar-refractivity contribution in [1.29, 1.82) is 0 Å². The van der Waals surface area contributed by atoms with Crippen molar-refractivity contribution < 1.29 is 0 Å². The van der Waals surface area contributed by atoms with E-state index in [1.165, 1.54) is 45.1 Å². The molecule has 0 amide bonds. The molecule has 0 spiro atoms. The van der Waals surface area contributed by atoms with Gasteiger partial charge < -0.3 is 5.73 Å². The van der Waals surface area contributed by atoms with E-state index in [4.69, 9.17) is 5.73 Å². The molecule has 88 valence electrons. The highest BCUT2D eigenvalue weighted by Crippen LogP contribution is 2.30. The zero-order chi connectivity index (χ0) is 10.8. The maximum absolute atomic E-state index is 6.01. The van der Waals surface area contributed by atoms with Crippen LogP contribution in [-0.4, -0.2) is 29.6 Å². The Morgan fingerprint density at radius 1 is 1.00 bits per heavy atom. The van der Waals surface area contributed by atoms with Gasteiger partial charge in [-0.05, 0) is 51.4 Å². The molecule has 15 heavy (non-hydrogen) atoms. The van der Waals surface area contributed by atoms with Gasteiger partial charge in [-0.2, -0.15) is 0 Å². The Morgan fingerprint density at radius 3 is 2.27 bits per heavy atom. The third-order valence-electron chi connectivity index (χ3n) is 4.42. The molecule has 2 aliphatic rings. The first-order chi connectivity index (χ1) is 7.16. The van der Waals surface area contributed by atoms with E-state index < -0.39 is 0 Å². The van der Waals surface area contributed by atoms with Crippen LogP contribution < -0.4 is 5.73 Å². The lowest BCUT2D eigenvalue weighted by Gasteiger charge is -2.44. The zero-order valence-electron chi connectivity index (χ0n) is 10.3. The van der Waals surface area contributed by atoms with E-state index in [9.17, 15) is 0 Å². The van der Waals surface area contributed by atoms with Gasteiger partial charge in [0.25, 0.3) is 0 Å². The van der Waals surface area contributed by atoms with Crippen molar-refractivity contribution >= 4 is 0 Å². The van der Waals surface area contributed by atoms with Crippen molar-refractivity contribution in [2.24, 2.45) is 11.7 Å². The first-order valence-corrected chi connectivity index (χ1v) is 6.68. The van der Waals surface area contributed by atoms with E-state index in [0.29, 0.717) is 12.1 Å². The van der Waals surface area contributed by atoms with E-state index in [2.05, 4.69) is 18.7 Å². The minimum Gasteiger partial charge on any atom is -0.328 e. The van der Waals surface area contributed by atoms with Gasteiger partial charge in [0.15, 0.2) is 0 Å². The second-order valence-electron chi connectivity index (χ2n) is 5.79. The van der Waals surface area contributed by atoms with Crippen molar-refractivity contribution in [2.45, 2.75) is 70.5 Å². The maximum Gasteiger partial charge on any atom is 0.00982 e. The summed E-state index contributed by atoms with van der Waals surface area (Å²) in [5, 5.41) is 0. The van der Waals surface area contributed by atoms with Gasteiger partial charge in [-0.1, -0.05) is 6.92 Å². The van der Waals surface area contributed by atoms with Gasteiger partial charge in [-0.25, -0.2) is 0 Å². The van der Waals surface area contributed by atoms with Gasteiger partial charge >= 0.3 is 0 Å². The second-order valence-corrected chi connectivity index (χ2v) is 5.79. The van der Waals surface area contributed by atoms with E-state index in [0.717, 1.165) is 12.0 Å². The molecule has 2 unspecified atom stereocenters. The summed E-state index contributed by atoms with van der Waals surface area (Å²) in [5.74, 6) is 0.962. The molecule has 2 atom stereocenters. The number of piperidine rings is 1. The van der Waals surface area contributed by atoms with Crippen LogP contribution in [0.4, 0.5) is 0 Å². The lowest BCUT2D eigenvalue weighted by molar-refractivity contribution is 0.0662. The molecular weight excluding hydrogens is 184 g/mol. The second kappa shape index (κ2) is 4.84. The van der Waals surface area contributed by atoms with Crippen LogP contribution in [-0.2, 0) is 0 Å². The normalized spacial score (nSPS) is 44.2. The van der Waals surface area contributed by atoms with Crippen molar-refractivity contribution in [1.82, 2.24) is 4.90 Å². The van der Waals surface area contributed by atoms with Crippen LogP contribution in [0.2, 0.25) is 0 Å². The summed E-state index contributed by atoms with van der Waals surface area (Å²) in [6.07, 6.45) is 8.10. The number of hydrogen-bond acceptors (Lipinski definition) is 2. The summed E-state index contributed by atoms with van der Waals surface area (Å²) in [4.78, 5) is 2.73. The van der Waals surface area contributed by atoms with Gasteiger partial charge in [0.05, 0.1) is 0 Å². The minimum atomic E-state index is 0.457. The Hall–Kier alpha value is -0.0800. The Labute approximate surface area is 94.2 Å². The minimum absolute atomic E-state index is 0.457. The fourth-order valence-electron chi connectivity index (χ4n) is 3.34. The molecule has 2 nitrogen and oxygen atoms in total. The largest absolute Gasteiger partial charge is 0.328 e. The molecule has 1 saturated carbocycles. The summed E-state index contributed by atoms with van der Waals surface area (Å²) in [5.41, 5.74) is 6.01. The third kappa shape index (κ3) is 2.73. The van der Waals surface area contributed by atoms with Crippen LogP contribution in [0.1, 0.15) is 52.4 Å². The highest BCUT2D eigenvalue weighted by molar-refractivity contribution is 4.87. The van der Waals surface area contributed by atoms with Gasteiger partial charge in [0, 0.05) is 24.7 Å². The van der Waals surface area contributed by atoms with Gasteiger partial charge in [-0.3, -0.25) is 4.90 Å². The smallest absolute Gasteiger partial charge is 0.00982 e. The number of likely N-dealkylation sites (tertiary alicyclic amines) is 1. The Kier molecular flexibility index (Phi) is 3.68. The summed E-state index contributed by atoms with van der Waals surface area (Å²) in [6, 6.07) is 2.04. The van der Waals surface area contributed by atoms with Crippen molar-refractivity contribution in [3.8, 4) is 0 Å².